The summed E-state index contributed by atoms with van der Waals surface area (Å²) in [5.41, 5.74) is 7.80. The lowest BCUT2D eigenvalue weighted by molar-refractivity contribution is 0.0598. The Morgan fingerprint density at radius 1 is 1.19 bits per heavy atom. The van der Waals surface area contributed by atoms with E-state index < -0.39 is 5.91 Å². The molecule has 138 valence electrons. The highest BCUT2D eigenvalue weighted by molar-refractivity contribution is 6.04. The van der Waals surface area contributed by atoms with Crippen LogP contribution in [0.15, 0.2) is 30.3 Å². The van der Waals surface area contributed by atoms with Crippen LogP contribution in [0.3, 0.4) is 0 Å². The molecule has 2 fully saturated rings. The van der Waals surface area contributed by atoms with E-state index in [9.17, 15) is 4.79 Å². The highest BCUT2D eigenvalue weighted by atomic mass is 16.5. The van der Waals surface area contributed by atoms with Crippen molar-refractivity contribution in [2.24, 2.45) is 11.7 Å². The van der Waals surface area contributed by atoms with E-state index in [0.29, 0.717) is 17.6 Å². The number of hydrogen-bond acceptors (Lipinski definition) is 4. The zero-order valence-electron chi connectivity index (χ0n) is 15.2. The molecule has 0 aliphatic carbocycles. The number of fused-ring (bicyclic) bond motifs is 1. The molecule has 1 aromatic heterocycles. The number of nitrogens with two attached hydrogens (primary N) is 1. The molecule has 2 saturated heterocycles. The van der Waals surface area contributed by atoms with Crippen LogP contribution in [0.4, 0.5) is 0 Å². The molecule has 5 heteroatoms. The summed E-state index contributed by atoms with van der Waals surface area (Å²) in [6.07, 6.45) is 6.23. The first-order valence-electron chi connectivity index (χ1n) is 9.71. The van der Waals surface area contributed by atoms with Gasteiger partial charge in [-0.2, -0.15) is 0 Å². The van der Waals surface area contributed by atoms with Crippen LogP contribution < -0.4 is 5.73 Å². The number of piperidine rings is 1. The highest BCUT2D eigenvalue weighted by Crippen LogP contribution is 2.24. The molecular weight excluding hydrogens is 326 g/mol. The molecule has 1 aromatic carbocycles. The lowest BCUT2D eigenvalue weighted by Crippen LogP contribution is -2.39. The second kappa shape index (κ2) is 7.72. The van der Waals surface area contributed by atoms with E-state index in [1.807, 2.05) is 12.1 Å². The van der Waals surface area contributed by atoms with Crippen LogP contribution in [0.5, 0.6) is 0 Å². The van der Waals surface area contributed by atoms with Crippen molar-refractivity contribution in [2.45, 2.75) is 38.2 Å². The molecule has 5 nitrogen and oxygen atoms in total. The van der Waals surface area contributed by atoms with E-state index in [1.165, 1.54) is 25.7 Å². The van der Waals surface area contributed by atoms with Crippen LogP contribution in [0.2, 0.25) is 0 Å². The molecule has 2 N–H and O–H groups in total. The lowest BCUT2D eigenvalue weighted by atomic mass is 9.91. The number of primary amides is 1. The second-order valence-electron chi connectivity index (χ2n) is 7.63. The summed E-state index contributed by atoms with van der Waals surface area (Å²) in [5.74, 6) is 0.240. The smallest absolute Gasteiger partial charge is 0.250 e. The van der Waals surface area contributed by atoms with Crippen molar-refractivity contribution in [1.82, 2.24) is 9.88 Å². The number of pyridine rings is 1. The summed E-state index contributed by atoms with van der Waals surface area (Å²) in [6.45, 7) is 4.31. The minimum atomic E-state index is -0.414. The normalized spacial score (nSPS) is 22.1. The van der Waals surface area contributed by atoms with Crippen molar-refractivity contribution in [3.8, 4) is 0 Å². The molecule has 26 heavy (non-hydrogen) atoms. The van der Waals surface area contributed by atoms with E-state index in [0.717, 1.165) is 49.3 Å². The van der Waals surface area contributed by atoms with Crippen molar-refractivity contribution in [3.63, 3.8) is 0 Å². The van der Waals surface area contributed by atoms with Gasteiger partial charge < -0.3 is 15.4 Å². The molecule has 1 unspecified atom stereocenters. The fourth-order valence-corrected chi connectivity index (χ4v) is 4.25. The van der Waals surface area contributed by atoms with Crippen molar-refractivity contribution in [3.05, 3.63) is 41.6 Å². The number of carbonyl (C=O) groups is 1. The van der Waals surface area contributed by atoms with E-state index in [-0.39, 0.29) is 0 Å². The predicted octanol–water partition coefficient (Wildman–Crippen LogP) is 2.77. The minimum absolute atomic E-state index is 0.414. The average molecular weight is 353 g/mol. The first-order chi connectivity index (χ1) is 12.7. The Morgan fingerprint density at radius 3 is 2.77 bits per heavy atom. The number of hydrogen-bond donors (Lipinski definition) is 1. The highest BCUT2D eigenvalue weighted by Gasteiger charge is 2.24. The zero-order valence-corrected chi connectivity index (χ0v) is 15.2. The van der Waals surface area contributed by atoms with Gasteiger partial charge in [0.2, 0.25) is 0 Å². The van der Waals surface area contributed by atoms with Gasteiger partial charge in [-0.1, -0.05) is 18.2 Å². The first-order valence-corrected chi connectivity index (χ1v) is 9.71. The average Bonchev–Trinajstić information content (AvgIpc) is 3.16. The molecular formula is C21H27N3O2. The van der Waals surface area contributed by atoms with Crippen LogP contribution in [-0.2, 0) is 11.2 Å². The van der Waals surface area contributed by atoms with Gasteiger partial charge in [0.15, 0.2) is 0 Å². The van der Waals surface area contributed by atoms with Crippen molar-refractivity contribution in [1.29, 1.82) is 0 Å². The van der Waals surface area contributed by atoms with E-state index in [1.54, 1.807) is 6.07 Å². The van der Waals surface area contributed by atoms with Crippen LogP contribution in [0.25, 0.3) is 10.9 Å². The maximum absolute atomic E-state index is 11.7. The van der Waals surface area contributed by atoms with E-state index >= 15 is 0 Å². The summed E-state index contributed by atoms with van der Waals surface area (Å²) < 4.78 is 5.76. The molecule has 4 rings (SSSR count). The van der Waals surface area contributed by atoms with Gasteiger partial charge in [-0.15, -0.1) is 0 Å². The Kier molecular flexibility index (Phi) is 5.18. The van der Waals surface area contributed by atoms with E-state index in [4.69, 9.17) is 15.5 Å². The van der Waals surface area contributed by atoms with Gasteiger partial charge in [0.05, 0.1) is 17.2 Å². The number of benzene rings is 1. The largest absolute Gasteiger partial charge is 0.377 e. The third-order valence-electron chi connectivity index (χ3n) is 5.73. The second-order valence-corrected chi connectivity index (χ2v) is 7.63. The molecule has 3 heterocycles. The minimum Gasteiger partial charge on any atom is -0.377 e. The third-order valence-corrected chi connectivity index (χ3v) is 5.73. The number of carbonyl (C=O) groups excluding carboxylic acids is 1. The van der Waals surface area contributed by atoms with Crippen LogP contribution in [0, 0.1) is 5.92 Å². The van der Waals surface area contributed by atoms with Gasteiger partial charge in [-0.3, -0.25) is 9.78 Å². The summed E-state index contributed by atoms with van der Waals surface area (Å²) in [5, 5.41) is 0.969. The van der Waals surface area contributed by atoms with E-state index in [2.05, 4.69) is 17.0 Å². The van der Waals surface area contributed by atoms with Crippen molar-refractivity contribution < 1.29 is 9.53 Å². The Balaban J connectivity index is 1.38. The number of amides is 1. The van der Waals surface area contributed by atoms with Crippen LogP contribution in [0.1, 0.15) is 41.7 Å². The molecule has 2 aromatic rings. The summed E-state index contributed by atoms with van der Waals surface area (Å²) in [4.78, 5) is 19.0. The Labute approximate surface area is 154 Å². The molecule has 1 amide bonds. The molecule has 0 saturated carbocycles. The van der Waals surface area contributed by atoms with Gasteiger partial charge in [0, 0.05) is 24.2 Å². The molecule has 2 aliphatic rings. The summed E-state index contributed by atoms with van der Waals surface area (Å²) >= 11 is 0. The fourth-order valence-electron chi connectivity index (χ4n) is 4.25. The zero-order chi connectivity index (χ0) is 17.9. The monoisotopic (exact) mass is 353 g/mol. The Morgan fingerprint density at radius 2 is 2.04 bits per heavy atom. The fraction of sp³-hybridized carbons (Fsp3) is 0.524. The topological polar surface area (TPSA) is 68.5 Å². The van der Waals surface area contributed by atoms with Gasteiger partial charge in [-0.25, -0.2) is 0 Å². The Hall–Kier alpha value is -1.98. The first kappa shape index (κ1) is 17.4. The quantitative estimate of drug-likeness (QED) is 0.897. The van der Waals surface area contributed by atoms with Gasteiger partial charge in [0.1, 0.15) is 0 Å². The molecule has 0 bridgehead atoms. The number of nitrogens with zero attached hydrogens (tertiary/aromatic N) is 2. The number of aromatic nitrogens is 1. The van der Waals surface area contributed by atoms with Gasteiger partial charge in [0.25, 0.3) is 5.91 Å². The number of likely N-dealkylation sites (tertiary alicyclic amines) is 1. The standard InChI is InChI=1S/C21H27N3O2/c22-21(25)19-5-1-3-16-6-7-17(23-20(16)19)13-15-8-10-24(11-9-15)14-18-4-2-12-26-18/h1,3,5-7,15,18H,2,4,8-14H2,(H2,22,25). The van der Waals surface area contributed by atoms with Crippen molar-refractivity contribution in [2.75, 3.05) is 26.2 Å². The van der Waals surface area contributed by atoms with Crippen LogP contribution >= 0.6 is 0 Å². The SMILES string of the molecule is NC(=O)c1cccc2ccc(CC3CCN(CC4CCCO4)CC3)nc12. The van der Waals surface area contributed by atoms with Crippen LogP contribution in [-0.4, -0.2) is 48.1 Å². The number of rotatable bonds is 5. The molecule has 2 aliphatic heterocycles. The maximum Gasteiger partial charge on any atom is 0.250 e. The predicted molar refractivity (Wildman–Crippen MR) is 102 cm³/mol. The number of para-hydroxylation sites is 1. The number of ether oxygens (including phenoxy) is 1. The lowest BCUT2D eigenvalue weighted by Gasteiger charge is -2.33. The third kappa shape index (κ3) is 3.89. The Bertz CT molecular complexity index is 778. The summed E-state index contributed by atoms with van der Waals surface area (Å²) in [6, 6.07) is 9.73. The maximum atomic E-state index is 11.7. The van der Waals surface area contributed by atoms with Gasteiger partial charge >= 0.3 is 0 Å². The molecule has 0 radical (unpaired) electrons. The van der Waals surface area contributed by atoms with Gasteiger partial charge in [-0.05, 0) is 63.2 Å². The summed E-state index contributed by atoms with van der Waals surface area (Å²) in [7, 11) is 0. The molecule has 0 spiro atoms. The van der Waals surface area contributed by atoms with Crippen molar-refractivity contribution >= 4 is 16.8 Å². The molecule has 1 atom stereocenters.